The lowest BCUT2D eigenvalue weighted by atomic mass is 10.1. The van der Waals surface area contributed by atoms with Crippen LogP contribution in [0.25, 0.3) is 10.9 Å². The Hall–Kier alpha value is -2.76. The normalized spacial score (nSPS) is 10.8. The zero-order valence-electron chi connectivity index (χ0n) is 14.0. The summed E-state index contributed by atoms with van der Waals surface area (Å²) < 4.78 is 12.5. The molecule has 3 rings (SSSR count). The molecule has 0 atom stereocenters. The average molecular weight is 312 g/mol. The Morgan fingerprint density at radius 3 is 2.35 bits per heavy atom. The fourth-order valence-electron chi connectivity index (χ4n) is 2.65. The van der Waals surface area contributed by atoms with Crippen LogP contribution < -0.4 is 14.8 Å². The minimum atomic E-state index is 0.668. The largest absolute Gasteiger partial charge is 0.493 e. The fourth-order valence-corrected chi connectivity index (χ4v) is 2.65. The molecule has 1 N–H and O–H groups in total. The third-order valence-corrected chi connectivity index (χ3v) is 3.80. The predicted octanol–water partition coefficient (Wildman–Crippen LogP) is 3.35. The third kappa shape index (κ3) is 2.79. The Bertz CT molecular complexity index is 871. The van der Waals surface area contributed by atoms with Gasteiger partial charge in [0.15, 0.2) is 11.5 Å². The van der Waals surface area contributed by atoms with E-state index in [1.807, 2.05) is 38.4 Å². The molecule has 0 radical (unpaired) electrons. The summed E-state index contributed by atoms with van der Waals surface area (Å²) in [4.78, 5) is 4.68. The van der Waals surface area contributed by atoms with E-state index in [0.29, 0.717) is 11.5 Å². The molecule has 0 aliphatic rings. The van der Waals surface area contributed by atoms with E-state index in [-0.39, 0.29) is 0 Å². The van der Waals surface area contributed by atoms with Gasteiger partial charge in [0.05, 0.1) is 31.1 Å². The van der Waals surface area contributed by atoms with E-state index in [9.17, 15) is 0 Å². The molecule has 0 saturated carbocycles. The number of nitrogens with one attached hydrogen (secondary N) is 1. The van der Waals surface area contributed by atoms with Crippen LogP contribution in [0.4, 0.5) is 11.5 Å². The van der Waals surface area contributed by atoms with E-state index in [1.165, 1.54) is 0 Å². The van der Waals surface area contributed by atoms with Crippen molar-refractivity contribution < 1.29 is 9.47 Å². The average Bonchev–Trinajstić information content (AvgIpc) is 2.83. The Kier molecular flexibility index (Phi) is 3.82. The smallest absolute Gasteiger partial charge is 0.162 e. The quantitative estimate of drug-likeness (QED) is 0.800. The molecule has 0 saturated heterocycles. The van der Waals surface area contributed by atoms with Crippen molar-refractivity contribution in [2.75, 3.05) is 19.5 Å². The first-order valence-electron chi connectivity index (χ1n) is 7.32. The van der Waals surface area contributed by atoms with Crippen LogP contribution in [0.3, 0.4) is 0 Å². The van der Waals surface area contributed by atoms with Crippen molar-refractivity contribution in [3.05, 3.63) is 35.7 Å². The first-order chi connectivity index (χ1) is 11.0. The standard InChI is InChI=1S/C17H20N4O2/c1-10-6-17(19-14-9-21(3)20-11(14)2)18-13-8-16(23-5)15(22-4)7-12(10)13/h6-9H,1-5H3,(H,18,19). The maximum atomic E-state index is 5.37. The van der Waals surface area contributed by atoms with Crippen molar-refractivity contribution in [3.8, 4) is 11.5 Å². The third-order valence-electron chi connectivity index (χ3n) is 3.80. The highest BCUT2D eigenvalue weighted by molar-refractivity contribution is 5.87. The highest BCUT2D eigenvalue weighted by Crippen LogP contribution is 2.34. The molecule has 6 heteroatoms. The van der Waals surface area contributed by atoms with Gasteiger partial charge in [0.2, 0.25) is 0 Å². The number of benzene rings is 1. The predicted molar refractivity (Wildman–Crippen MR) is 90.8 cm³/mol. The summed E-state index contributed by atoms with van der Waals surface area (Å²) in [5, 5.41) is 8.70. The molecular formula is C17H20N4O2. The number of methoxy groups -OCH3 is 2. The number of hydrogen-bond donors (Lipinski definition) is 1. The zero-order chi connectivity index (χ0) is 16.6. The molecule has 6 nitrogen and oxygen atoms in total. The molecule has 1 aromatic carbocycles. The van der Waals surface area contributed by atoms with Gasteiger partial charge in [-0.3, -0.25) is 4.68 Å². The van der Waals surface area contributed by atoms with Gasteiger partial charge >= 0.3 is 0 Å². The molecule has 0 spiro atoms. The lowest BCUT2D eigenvalue weighted by molar-refractivity contribution is 0.356. The zero-order valence-corrected chi connectivity index (χ0v) is 14.0. The number of aryl methyl sites for hydroxylation is 3. The molecule has 0 fully saturated rings. The number of ether oxygens (including phenoxy) is 2. The number of aromatic nitrogens is 3. The van der Waals surface area contributed by atoms with Crippen LogP contribution in [0.1, 0.15) is 11.3 Å². The maximum absolute atomic E-state index is 5.37. The van der Waals surface area contributed by atoms with Gasteiger partial charge in [0, 0.05) is 24.7 Å². The Morgan fingerprint density at radius 2 is 1.74 bits per heavy atom. The highest BCUT2D eigenvalue weighted by Gasteiger charge is 2.11. The summed E-state index contributed by atoms with van der Waals surface area (Å²) in [6, 6.07) is 5.86. The van der Waals surface area contributed by atoms with Crippen molar-refractivity contribution in [3.63, 3.8) is 0 Å². The van der Waals surface area contributed by atoms with Gasteiger partial charge in [-0.1, -0.05) is 0 Å². The van der Waals surface area contributed by atoms with Crippen molar-refractivity contribution in [1.82, 2.24) is 14.8 Å². The van der Waals surface area contributed by atoms with E-state index < -0.39 is 0 Å². The second-order valence-electron chi connectivity index (χ2n) is 5.48. The van der Waals surface area contributed by atoms with Crippen molar-refractivity contribution in [2.45, 2.75) is 13.8 Å². The number of pyridine rings is 1. The number of nitrogens with zero attached hydrogens (tertiary/aromatic N) is 3. The van der Waals surface area contributed by atoms with Crippen LogP contribution in [-0.4, -0.2) is 29.0 Å². The Balaban J connectivity index is 2.08. The monoisotopic (exact) mass is 312 g/mol. The summed E-state index contributed by atoms with van der Waals surface area (Å²) >= 11 is 0. The van der Waals surface area contributed by atoms with Crippen LogP contribution in [-0.2, 0) is 7.05 Å². The number of hydrogen-bond acceptors (Lipinski definition) is 5. The molecule has 2 aromatic heterocycles. The topological polar surface area (TPSA) is 61.2 Å². The second kappa shape index (κ2) is 5.79. The van der Waals surface area contributed by atoms with Gasteiger partial charge < -0.3 is 14.8 Å². The van der Waals surface area contributed by atoms with Gasteiger partial charge in [0.25, 0.3) is 0 Å². The van der Waals surface area contributed by atoms with Crippen LogP contribution in [0.15, 0.2) is 24.4 Å². The van der Waals surface area contributed by atoms with E-state index in [2.05, 4.69) is 22.3 Å². The van der Waals surface area contributed by atoms with Gasteiger partial charge in [-0.15, -0.1) is 0 Å². The molecule has 3 aromatic rings. The van der Waals surface area contributed by atoms with Crippen LogP contribution >= 0.6 is 0 Å². The molecule has 23 heavy (non-hydrogen) atoms. The Labute approximate surface area is 135 Å². The minimum absolute atomic E-state index is 0.668. The lowest BCUT2D eigenvalue weighted by Crippen LogP contribution is -1.97. The summed E-state index contributed by atoms with van der Waals surface area (Å²) in [6.07, 6.45) is 1.94. The molecule has 2 heterocycles. The molecule has 0 amide bonds. The molecule has 0 bridgehead atoms. The van der Waals surface area contributed by atoms with E-state index in [0.717, 1.165) is 33.7 Å². The SMILES string of the molecule is COc1cc2nc(Nc3cn(C)nc3C)cc(C)c2cc1OC. The fraction of sp³-hybridized carbons (Fsp3) is 0.294. The van der Waals surface area contributed by atoms with Crippen LogP contribution in [0, 0.1) is 13.8 Å². The van der Waals surface area contributed by atoms with Gasteiger partial charge in [-0.2, -0.15) is 5.10 Å². The van der Waals surface area contributed by atoms with E-state index in [4.69, 9.17) is 9.47 Å². The molecule has 0 unspecified atom stereocenters. The summed E-state index contributed by atoms with van der Waals surface area (Å²) in [7, 11) is 5.15. The number of fused-ring (bicyclic) bond motifs is 1. The number of anilines is 2. The summed E-state index contributed by atoms with van der Waals surface area (Å²) in [5.74, 6) is 2.15. The van der Waals surface area contributed by atoms with Crippen molar-refractivity contribution in [1.29, 1.82) is 0 Å². The summed E-state index contributed by atoms with van der Waals surface area (Å²) in [6.45, 7) is 4.02. The van der Waals surface area contributed by atoms with Crippen LogP contribution in [0.5, 0.6) is 11.5 Å². The first kappa shape index (κ1) is 15.1. The summed E-state index contributed by atoms with van der Waals surface area (Å²) in [5.41, 5.74) is 3.84. The number of rotatable bonds is 4. The lowest BCUT2D eigenvalue weighted by Gasteiger charge is -2.12. The van der Waals surface area contributed by atoms with E-state index >= 15 is 0 Å². The van der Waals surface area contributed by atoms with Gasteiger partial charge in [-0.05, 0) is 31.5 Å². The molecule has 120 valence electrons. The van der Waals surface area contributed by atoms with Crippen molar-refractivity contribution in [2.24, 2.45) is 7.05 Å². The maximum Gasteiger partial charge on any atom is 0.162 e. The van der Waals surface area contributed by atoms with E-state index in [1.54, 1.807) is 18.9 Å². The second-order valence-corrected chi connectivity index (χ2v) is 5.48. The minimum Gasteiger partial charge on any atom is -0.493 e. The van der Waals surface area contributed by atoms with Gasteiger partial charge in [-0.25, -0.2) is 4.98 Å². The molecule has 0 aliphatic carbocycles. The van der Waals surface area contributed by atoms with Gasteiger partial charge in [0.1, 0.15) is 5.82 Å². The molecular weight excluding hydrogens is 292 g/mol. The first-order valence-corrected chi connectivity index (χ1v) is 7.32. The van der Waals surface area contributed by atoms with Crippen LogP contribution in [0.2, 0.25) is 0 Å². The highest BCUT2D eigenvalue weighted by atomic mass is 16.5. The van der Waals surface area contributed by atoms with Crippen molar-refractivity contribution >= 4 is 22.4 Å². The molecule has 0 aliphatic heterocycles. The Morgan fingerprint density at radius 1 is 1.04 bits per heavy atom.